The first-order chi connectivity index (χ1) is 14.3. The molecule has 0 aliphatic carbocycles. The van der Waals surface area contributed by atoms with Crippen LogP contribution < -0.4 is 10.6 Å². The lowest BCUT2D eigenvalue weighted by Crippen LogP contribution is -2.49. The Morgan fingerprint density at radius 2 is 1.77 bits per heavy atom. The topological polar surface area (TPSA) is 76.0 Å². The number of halogens is 2. The van der Waals surface area contributed by atoms with Crippen molar-refractivity contribution in [3.05, 3.63) is 82.1 Å². The molecule has 2 N–H and O–H groups in total. The van der Waals surface area contributed by atoms with Gasteiger partial charge in [0.05, 0.1) is 22.5 Å². The minimum atomic E-state index is -0.694. The molecule has 0 saturated heterocycles. The van der Waals surface area contributed by atoms with Gasteiger partial charge in [0.15, 0.2) is 0 Å². The van der Waals surface area contributed by atoms with E-state index >= 15 is 0 Å². The normalized spacial score (nSPS) is 11.9. The predicted molar refractivity (Wildman–Crippen MR) is 118 cm³/mol. The van der Waals surface area contributed by atoms with Crippen molar-refractivity contribution >= 4 is 35.0 Å². The van der Waals surface area contributed by atoms with Crippen LogP contribution in [0.2, 0.25) is 10.0 Å². The minimum absolute atomic E-state index is 0.103. The number of nitrogens with zero attached hydrogens (tertiary/aromatic N) is 2. The third kappa shape index (κ3) is 5.40. The fourth-order valence-corrected chi connectivity index (χ4v) is 3.23. The quantitative estimate of drug-likeness (QED) is 0.571. The smallest absolute Gasteiger partial charge is 0.253 e. The Balaban J connectivity index is 1.62. The zero-order chi connectivity index (χ0) is 21.7. The molecule has 0 bridgehead atoms. The van der Waals surface area contributed by atoms with E-state index in [1.807, 2.05) is 32.2 Å². The molecule has 0 saturated carbocycles. The fraction of sp³-hybridized carbons (Fsp3) is 0.227. The molecular weight excluding hydrogens is 423 g/mol. The third-order valence-corrected chi connectivity index (χ3v) is 5.13. The molecule has 1 unspecified atom stereocenters. The van der Waals surface area contributed by atoms with Gasteiger partial charge in [-0.15, -0.1) is 0 Å². The average molecular weight is 445 g/mol. The van der Waals surface area contributed by atoms with E-state index in [4.69, 9.17) is 23.2 Å². The summed E-state index contributed by atoms with van der Waals surface area (Å²) in [6.45, 7) is 4.03. The van der Waals surface area contributed by atoms with Crippen LogP contribution in [0.3, 0.4) is 0 Å². The number of benzene rings is 2. The Kier molecular flexibility index (Phi) is 7.13. The van der Waals surface area contributed by atoms with Crippen molar-refractivity contribution in [1.29, 1.82) is 0 Å². The van der Waals surface area contributed by atoms with Crippen LogP contribution in [0.25, 0.3) is 5.69 Å². The van der Waals surface area contributed by atoms with Gasteiger partial charge in [-0.2, -0.15) is 5.10 Å². The number of hydrogen-bond acceptors (Lipinski definition) is 3. The number of amides is 2. The summed E-state index contributed by atoms with van der Waals surface area (Å²) < 4.78 is 1.71. The molecule has 1 atom stereocenters. The molecular formula is C22H22Cl2N4O2. The first-order valence-corrected chi connectivity index (χ1v) is 10.2. The zero-order valence-corrected chi connectivity index (χ0v) is 18.1. The van der Waals surface area contributed by atoms with Crippen molar-refractivity contribution in [3.63, 3.8) is 0 Å². The number of aromatic nitrogens is 2. The van der Waals surface area contributed by atoms with Crippen LogP contribution in [0.4, 0.5) is 0 Å². The van der Waals surface area contributed by atoms with Crippen LogP contribution in [-0.2, 0) is 11.3 Å². The van der Waals surface area contributed by atoms with E-state index in [9.17, 15) is 9.59 Å². The number of rotatable bonds is 7. The molecule has 3 rings (SSSR count). The van der Waals surface area contributed by atoms with Gasteiger partial charge < -0.3 is 10.6 Å². The molecule has 8 heteroatoms. The fourth-order valence-electron chi connectivity index (χ4n) is 2.88. The van der Waals surface area contributed by atoms with Crippen LogP contribution in [0, 0.1) is 5.92 Å². The van der Waals surface area contributed by atoms with Crippen LogP contribution in [-0.4, -0.2) is 27.6 Å². The van der Waals surface area contributed by atoms with Gasteiger partial charge in [-0.05, 0) is 42.3 Å². The van der Waals surface area contributed by atoms with Crippen molar-refractivity contribution in [2.24, 2.45) is 5.92 Å². The first-order valence-electron chi connectivity index (χ1n) is 9.47. The zero-order valence-electron chi connectivity index (χ0n) is 16.6. The maximum absolute atomic E-state index is 12.7. The van der Waals surface area contributed by atoms with E-state index in [0.29, 0.717) is 15.6 Å². The lowest BCUT2D eigenvalue weighted by molar-refractivity contribution is -0.124. The monoisotopic (exact) mass is 444 g/mol. The second-order valence-electron chi connectivity index (χ2n) is 7.16. The molecule has 0 fully saturated rings. The Morgan fingerprint density at radius 3 is 2.43 bits per heavy atom. The van der Waals surface area contributed by atoms with Gasteiger partial charge in [0.1, 0.15) is 6.04 Å². The van der Waals surface area contributed by atoms with Gasteiger partial charge >= 0.3 is 0 Å². The van der Waals surface area contributed by atoms with Crippen molar-refractivity contribution < 1.29 is 9.59 Å². The number of carbonyl (C=O) groups excluding carboxylic acids is 2. The molecule has 30 heavy (non-hydrogen) atoms. The van der Waals surface area contributed by atoms with E-state index in [2.05, 4.69) is 15.7 Å². The predicted octanol–water partition coefficient (Wildman–Crippen LogP) is 4.25. The van der Waals surface area contributed by atoms with Gasteiger partial charge in [0.25, 0.3) is 5.91 Å². The molecule has 3 aromatic rings. The summed E-state index contributed by atoms with van der Waals surface area (Å²) in [4.78, 5) is 25.3. The van der Waals surface area contributed by atoms with Crippen LogP contribution >= 0.6 is 23.2 Å². The highest BCUT2D eigenvalue weighted by atomic mass is 35.5. The SMILES string of the molecule is CC(C)C(NC(=O)c1ccccc1Cl)C(=O)NCc1cnn(-c2ccc(Cl)cc2)c1. The highest BCUT2D eigenvalue weighted by Gasteiger charge is 2.25. The summed E-state index contributed by atoms with van der Waals surface area (Å²) in [6.07, 6.45) is 3.51. The molecule has 1 heterocycles. The van der Waals surface area contributed by atoms with Gasteiger partial charge in [-0.3, -0.25) is 9.59 Å². The Bertz CT molecular complexity index is 1030. The van der Waals surface area contributed by atoms with Crippen LogP contribution in [0.1, 0.15) is 29.8 Å². The molecule has 2 amide bonds. The summed E-state index contributed by atoms with van der Waals surface area (Å²) in [7, 11) is 0. The van der Waals surface area contributed by atoms with Gasteiger partial charge in [-0.25, -0.2) is 4.68 Å². The first kappa shape index (κ1) is 21.9. The highest BCUT2D eigenvalue weighted by molar-refractivity contribution is 6.33. The summed E-state index contributed by atoms with van der Waals surface area (Å²) in [5.41, 5.74) is 2.03. The Hall–Kier alpha value is -2.83. The molecule has 6 nitrogen and oxygen atoms in total. The maximum Gasteiger partial charge on any atom is 0.253 e. The summed E-state index contributed by atoms with van der Waals surface area (Å²) in [6, 6.07) is 13.3. The van der Waals surface area contributed by atoms with Crippen LogP contribution in [0.15, 0.2) is 60.9 Å². The van der Waals surface area contributed by atoms with Crippen molar-refractivity contribution in [3.8, 4) is 5.69 Å². The highest BCUT2D eigenvalue weighted by Crippen LogP contribution is 2.16. The van der Waals surface area contributed by atoms with Crippen molar-refractivity contribution in [2.45, 2.75) is 26.4 Å². The van der Waals surface area contributed by atoms with E-state index < -0.39 is 6.04 Å². The molecule has 0 radical (unpaired) electrons. The maximum atomic E-state index is 12.7. The second kappa shape index (κ2) is 9.78. The van der Waals surface area contributed by atoms with Crippen LogP contribution in [0.5, 0.6) is 0 Å². The largest absolute Gasteiger partial charge is 0.350 e. The third-order valence-electron chi connectivity index (χ3n) is 4.55. The van der Waals surface area contributed by atoms with E-state index in [-0.39, 0.29) is 24.3 Å². The van der Waals surface area contributed by atoms with E-state index in [0.717, 1.165) is 11.3 Å². The second-order valence-corrected chi connectivity index (χ2v) is 8.01. The summed E-state index contributed by atoms with van der Waals surface area (Å²) >= 11 is 12.0. The average Bonchev–Trinajstić information content (AvgIpc) is 3.19. The molecule has 2 aromatic carbocycles. The van der Waals surface area contributed by atoms with Gasteiger partial charge in [-0.1, -0.05) is 49.2 Å². The van der Waals surface area contributed by atoms with Gasteiger partial charge in [0, 0.05) is 23.3 Å². The minimum Gasteiger partial charge on any atom is -0.350 e. The lowest BCUT2D eigenvalue weighted by atomic mass is 10.0. The number of nitrogens with one attached hydrogen (secondary N) is 2. The molecule has 156 valence electrons. The Labute approximate surface area is 185 Å². The van der Waals surface area contributed by atoms with Gasteiger partial charge in [0.2, 0.25) is 5.91 Å². The Morgan fingerprint density at radius 1 is 1.07 bits per heavy atom. The standard InChI is InChI=1S/C22H22Cl2N4O2/c1-14(2)20(27-21(29)18-5-3-4-6-19(18)24)22(30)25-11-15-12-26-28(13-15)17-9-7-16(23)8-10-17/h3-10,12-14,20H,11H2,1-2H3,(H,25,30)(H,27,29). The van der Waals surface area contributed by atoms with Crippen molar-refractivity contribution in [2.75, 3.05) is 0 Å². The number of carbonyl (C=O) groups is 2. The molecule has 0 spiro atoms. The van der Waals surface area contributed by atoms with E-state index in [1.54, 1.807) is 47.3 Å². The summed E-state index contributed by atoms with van der Waals surface area (Å²) in [5.74, 6) is -0.761. The van der Waals surface area contributed by atoms with E-state index in [1.165, 1.54) is 0 Å². The molecule has 1 aromatic heterocycles. The number of hydrogen-bond donors (Lipinski definition) is 2. The van der Waals surface area contributed by atoms with Crippen molar-refractivity contribution in [1.82, 2.24) is 20.4 Å². The lowest BCUT2D eigenvalue weighted by Gasteiger charge is -2.22. The molecule has 0 aliphatic heterocycles. The molecule has 0 aliphatic rings. The summed E-state index contributed by atoms with van der Waals surface area (Å²) in [5, 5.41) is 10.9.